The highest BCUT2D eigenvalue weighted by atomic mass is 32.2. The number of hydrogen-bond acceptors (Lipinski definition) is 17. The molecule has 0 aliphatic carbocycles. The topological polar surface area (TPSA) is 241 Å². The largest absolute Gasteiger partial charge is 0.459 e. The number of hydrogen-bond donors (Lipinski definition) is 7. The number of ether oxygens (including phenoxy) is 4. The van der Waals surface area contributed by atoms with Gasteiger partial charge in [-0.25, -0.2) is 9.37 Å². The lowest BCUT2D eigenvalue weighted by Crippen LogP contribution is -2.58. The highest BCUT2D eigenvalue weighted by molar-refractivity contribution is 7.98. The lowest BCUT2D eigenvalue weighted by molar-refractivity contribution is -0.189. The van der Waals surface area contributed by atoms with Crippen LogP contribution >= 0.6 is 11.8 Å². The zero-order valence-corrected chi connectivity index (χ0v) is 52.7. The average molecular weight is 1170 g/mol. The summed E-state index contributed by atoms with van der Waals surface area (Å²) in [6.45, 7) is 22.7. The van der Waals surface area contributed by atoms with Crippen LogP contribution in [0.15, 0.2) is 47.6 Å². The number of nitrogens with one attached hydrogen (secondary N) is 1. The van der Waals surface area contributed by atoms with Crippen LogP contribution in [0, 0.1) is 49.4 Å². The van der Waals surface area contributed by atoms with Crippen molar-refractivity contribution in [2.24, 2.45) is 23.7 Å². The molecule has 15 atom stereocenters. The number of benzene rings is 1. The molecule has 0 unspecified atom stereocenters. The Morgan fingerprint density at radius 2 is 1.47 bits per heavy atom. The maximum absolute atomic E-state index is 13.7. The number of rotatable bonds is 11. The Morgan fingerprint density at radius 1 is 0.914 bits per heavy atom. The van der Waals surface area contributed by atoms with Gasteiger partial charge in [0.2, 0.25) is 5.91 Å². The minimum atomic E-state index is -1.56. The summed E-state index contributed by atoms with van der Waals surface area (Å²) in [4.78, 5) is 41.5. The molecular formula is C62H107FN4O13S. The molecule has 4 heterocycles. The zero-order chi connectivity index (χ0) is 63.2. The smallest absolute Gasteiger partial charge is 0.309 e. The van der Waals surface area contributed by atoms with Crippen LogP contribution in [0.1, 0.15) is 139 Å². The number of carbonyl (C=O) groups is 3. The highest BCUT2D eigenvalue weighted by Gasteiger charge is 2.45. The fraction of sp³-hybridized carbons (Fsp3) is 0.710. The number of likely N-dealkylation sites (N-methyl/N-ethyl adjacent to an activating group) is 1. The number of alkyl halides is 1. The van der Waals surface area contributed by atoms with E-state index in [-0.39, 0.29) is 54.2 Å². The Hall–Kier alpha value is -4.06. The fourth-order valence-electron chi connectivity index (χ4n) is 10.3. The molecule has 1 amide bonds. The molecule has 0 radical (unpaired) electrons. The van der Waals surface area contributed by atoms with Crippen molar-refractivity contribution >= 4 is 30.4 Å². The summed E-state index contributed by atoms with van der Waals surface area (Å²) in [7, 11) is 8.06. The van der Waals surface area contributed by atoms with E-state index in [1.165, 1.54) is 12.8 Å². The van der Waals surface area contributed by atoms with Crippen LogP contribution in [-0.2, 0) is 33.3 Å². The second-order valence-corrected chi connectivity index (χ2v) is 22.7. The number of terminal acetylenes is 2. The normalized spacial score (nSPS) is 29.5. The first-order valence-electron chi connectivity index (χ1n) is 27.8. The van der Waals surface area contributed by atoms with Crippen LogP contribution in [0.4, 0.5) is 4.39 Å². The summed E-state index contributed by atoms with van der Waals surface area (Å²) >= 11 is 1.57. The second kappa shape index (κ2) is 44.5. The van der Waals surface area contributed by atoms with Crippen molar-refractivity contribution in [2.45, 2.75) is 198 Å². The summed E-state index contributed by atoms with van der Waals surface area (Å²) in [6.07, 6.45) is 22.6. The van der Waals surface area contributed by atoms with Gasteiger partial charge in [-0.2, -0.15) is 0 Å². The summed E-state index contributed by atoms with van der Waals surface area (Å²) in [5, 5.41) is 63.9. The molecule has 3 aliphatic rings. The van der Waals surface area contributed by atoms with Crippen molar-refractivity contribution in [3.63, 3.8) is 0 Å². The molecule has 19 heteroatoms. The van der Waals surface area contributed by atoms with Gasteiger partial charge in [-0.15, -0.1) is 37.5 Å². The van der Waals surface area contributed by atoms with E-state index in [4.69, 9.17) is 24.1 Å². The number of carbonyl (C=O) groups excluding carboxylic acids is 3. The number of amides is 1. The Balaban J connectivity index is -0.00000115. The first-order valence-corrected chi connectivity index (χ1v) is 29.1. The summed E-state index contributed by atoms with van der Waals surface area (Å²) in [6, 6.07) is 9.85. The quantitative estimate of drug-likeness (QED) is 0.0646. The van der Waals surface area contributed by atoms with Crippen LogP contribution in [-0.4, -0.2) is 192 Å². The third-order valence-electron chi connectivity index (χ3n) is 14.3. The monoisotopic (exact) mass is 1170 g/mol. The van der Waals surface area contributed by atoms with Crippen molar-refractivity contribution in [3.8, 4) is 36.8 Å². The van der Waals surface area contributed by atoms with Gasteiger partial charge in [0.25, 0.3) is 0 Å². The zero-order valence-electron chi connectivity index (χ0n) is 51.9. The van der Waals surface area contributed by atoms with E-state index in [9.17, 15) is 39.5 Å². The third-order valence-corrected chi connectivity index (χ3v) is 15.0. The summed E-state index contributed by atoms with van der Waals surface area (Å²) < 4.78 is 34.3. The van der Waals surface area contributed by atoms with Gasteiger partial charge in [0, 0.05) is 77.7 Å². The van der Waals surface area contributed by atoms with Crippen molar-refractivity contribution in [3.05, 3.63) is 48.2 Å². The molecule has 2 aromatic rings. The highest BCUT2D eigenvalue weighted by Crippen LogP contribution is 2.32. The molecule has 7 N–H and O–H groups in total. The molecule has 466 valence electrons. The van der Waals surface area contributed by atoms with Crippen molar-refractivity contribution in [2.75, 3.05) is 68.1 Å². The van der Waals surface area contributed by atoms with E-state index in [0.29, 0.717) is 56.9 Å². The molecule has 0 spiro atoms. The number of esters is 1. The van der Waals surface area contributed by atoms with Crippen LogP contribution in [0.2, 0.25) is 0 Å². The van der Waals surface area contributed by atoms with Crippen molar-refractivity contribution in [1.82, 2.24) is 20.1 Å². The van der Waals surface area contributed by atoms with Gasteiger partial charge in [0.15, 0.2) is 6.29 Å². The first kappa shape index (κ1) is 81.2. The van der Waals surface area contributed by atoms with Gasteiger partial charge in [0.05, 0.1) is 34.8 Å². The number of methoxy groups -OCH3 is 1. The van der Waals surface area contributed by atoms with E-state index in [1.54, 1.807) is 51.2 Å². The van der Waals surface area contributed by atoms with Crippen LogP contribution in [0.3, 0.4) is 0 Å². The maximum Gasteiger partial charge on any atom is 0.309 e. The minimum absolute atomic E-state index is 0.0477. The molecular weight excluding hydrogens is 1060 g/mol. The SMILES string of the molecule is C#C.C#C.C=O.CC[C@H]1OC(=O)[C@H](C)C[C@H](C)C[C@](C)(O)C[C@@H](C)CN(C)[C@H](C)[C@@H](O)[C@]1(C)O.CO.COC.CSc1ccc(-c2ccc([C@@H](O)[C@@H](CF)NC(=O)CCN(C)[C@H]3C[C@@H](C)O[C@@H](O)C3)cc2)cn1.C[C@H]1CCO[C@@H](C)C1. The number of aliphatic hydroxyl groups excluding tert-OH is 4. The lowest BCUT2D eigenvalue weighted by Gasteiger charge is -2.42. The van der Waals surface area contributed by atoms with Crippen LogP contribution in [0.25, 0.3) is 11.1 Å². The molecule has 0 bridgehead atoms. The summed E-state index contributed by atoms with van der Waals surface area (Å²) in [5.41, 5.74) is 0.0427. The van der Waals surface area contributed by atoms with E-state index >= 15 is 0 Å². The Morgan fingerprint density at radius 3 is 1.94 bits per heavy atom. The Bertz CT molecular complexity index is 1940. The van der Waals surface area contributed by atoms with E-state index in [0.717, 1.165) is 42.2 Å². The van der Waals surface area contributed by atoms with E-state index in [2.05, 4.69) is 61.5 Å². The van der Waals surface area contributed by atoms with Crippen LogP contribution in [0.5, 0.6) is 0 Å². The number of thioether (sulfide) groups is 1. The van der Waals surface area contributed by atoms with Crippen LogP contribution < -0.4 is 5.32 Å². The number of aromatic nitrogens is 1. The van der Waals surface area contributed by atoms with Gasteiger partial charge < -0.3 is 69.5 Å². The Labute approximate surface area is 491 Å². The number of pyridine rings is 1. The second-order valence-electron chi connectivity index (χ2n) is 21.9. The van der Waals surface area contributed by atoms with Gasteiger partial charge in [-0.05, 0) is 135 Å². The molecule has 0 saturated carbocycles. The average Bonchev–Trinajstić information content (AvgIpc) is 3.44. The molecule has 3 saturated heterocycles. The van der Waals surface area contributed by atoms with Gasteiger partial charge in [-0.1, -0.05) is 65.0 Å². The standard InChI is InChI=1S/C25H34FN3O4S.C22H43NO5.C7H14O.C2H6O.2C2H2.CH4O.CH2O/c1-16-12-20(13-24(31)33-16)29(2)11-10-22(30)28-21(14-26)25(32)18-6-4-17(5-7-18)19-8-9-23(34-3)27-15-19;1-9-18-22(7,27)19(24)17(5)23(8)13-15(3)12-21(6,26)11-14(2)10-16(4)20(25)28-18;1-6-3-4-8-7(2)5-6;1-3-2;4*1-2/h4-9,15-16,20-21,24-25,31-32H,10-14H2,1-3H3,(H,28,30);14-19,24,26-27H,9-13H2,1-8H3;6-7H,3-5H2,1-2H3;1-2H3;2*1-2H;2H,1H3;1H2/t16-,20+,21-,24-,25-;14-,15+,16+,17+,18+,19+,21-,22+;6-,7-;;;;;/m100...../s1. The predicted octanol–water partition coefficient (Wildman–Crippen LogP) is 7.76. The lowest BCUT2D eigenvalue weighted by atomic mass is 9.82. The number of halogens is 1. The van der Waals surface area contributed by atoms with Gasteiger partial charge >= 0.3 is 5.97 Å². The third kappa shape index (κ3) is 31.4. The molecule has 3 aliphatic heterocycles. The number of cyclic esters (lactones) is 1. The summed E-state index contributed by atoms with van der Waals surface area (Å²) in [5.74, 6) is 0.238. The van der Waals surface area contributed by atoms with E-state index < -0.39 is 48.5 Å². The van der Waals surface area contributed by atoms with E-state index in [1.807, 2.05) is 103 Å². The molecule has 1 aromatic heterocycles. The van der Waals surface area contributed by atoms with Gasteiger partial charge in [-0.3, -0.25) is 9.59 Å². The van der Waals surface area contributed by atoms with Crippen molar-refractivity contribution in [1.29, 1.82) is 0 Å². The molecule has 5 rings (SSSR count). The number of aliphatic hydroxyl groups is 6. The molecule has 81 heavy (non-hydrogen) atoms. The van der Waals surface area contributed by atoms with Crippen molar-refractivity contribution < 1.29 is 68.4 Å². The molecule has 17 nitrogen and oxygen atoms in total. The number of nitrogens with zero attached hydrogens (tertiary/aromatic N) is 3. The minimum Gasteiger partial charge on any atom is -0.459 e. The first-order chi connectivity index (χ1) is 38.2. The maximum atomic E-state index is 13.7. The molecule has 1 aromatic carbocycles. The fourth-order valence-corrected chi connectivity index (χ4v) is 10.6. The predicted molar refractivity (Wildman–Crippen MR) is 324 cm³/mol. The molecule has 3 fully saturated rings. The Kier molecular flexibility index (Phi) is 44.5. The van der Waals surface area contributed by atoms with Gasteiger partial charge in [0.1, 0.15) is 37.4 Å².